The van der Waals surface area contributed by atoms with E-state index in [4.69, 9.17) is 10.5 Å². The molecule has 2 amide bonds. The lowest BCUT2D eigenvalue weighted by Gasteiger charge is -2.33. The monoisotopic (exact) mass is 447 g/mol. The molecule has 1 aromatic heterocycles. The lowest BCUT2D eigenvalue weighted by Crippen LogP contribution is -2.50. The lowest BCUT2D eigenvalue weighted by molar-refractivity contribution is -0.119. The van der Waals surface area contributed by atoms with Crippen molar-refractivity contribution in [1.29, 1.82) is 0 Å². The number of benzene rings is 1. The first kappa shape index (κ1) is 21.3. The molecule has 11 heteroatoms. The zero-order valence-corrected chi connectivity index (χ0v) is 17.9. The van der Waals surface area contributed by atoms with E-state index in [1.165, 1.54) is 28.6 Å². The van der Waals surface area contributed by atoms with Crippen LogP contribution in [0.25, 0.3) is 0 Å². The third-order valence-electron chi connectivity index (χ3n) is 5.50. The fourth-order valence-corrected chi connectivity index (χ4v) is 5.25. The van der Waals surface area contributed by atoms with Gasteiger partial charge in [0.1, 0.15) is 5.75 Å². The average molecular weight is 448 g/mol. The number of aryl methyl sites for hydroxylation is 2. The number of rotatable bonds is 6. The van der Waals surface area contributed by atoms with Crippen LogP contribution in [0.2, 0.25) is 0 Å². The number of carbonyl (C=O) groups is 2. The molecular formula is C20H25N5O5S. The van der Waals surface area contributed by atoms with Gasteiger partial charge in [-0.3, -0.25) is 14.3 Å². The van der Waals surface area contributed by atoms with Crippen molar-refractivity contribution in [1.82, 2.24) is 19.0 Å². The van der Waals surface area contributed by atoms with Crippen molar-refractivity contribution in [2.75, 3.05) is 32.8 Å². The van der Waals surface area contributed by atoms with E-state index in [1.807, 2.05) is 10.7 Å². The molecule has 1 aromatic carbocycles. The second-order valence-corrected chi connectivity index (χ2v) is 9.56. The minimum Gasteiger partial charge on any atom is -0.484 e. The normalized spacial score (nSPS) is 17.2. The van der Waals surface area contributed by atoms with Crippen molar-refractivity contribution < 1.29 is 22.7 Å². The van der Waals surface area contributed by atoms with Gasteiger partial charge < -0.3 is 15.4 Å². The van der Waals surface area contributed by atoms with E-state index in [0.29, 0.717) is 24.5 Å². The molecule has 0 atom stereocenters. The van der Waals surface area contributed by atoms with Crippen molar-refractivity contribution >= 4 is 21.8 Å². The Bertz CT molecular complexity index is 1050. The molecule has 0 unspecified atom stereocenters. The van der Waals surface area contributed by atoms with E-state index in [0.717, 1.165) is 31.5 Å². The molecule has 2 aromatic rings. The van der Waals surface area contributed by atoms with Gasteiger partial charge in [-0.2, -0.15) is 9.40 Å². The SMILES string of the molecule is NC(=O)COc1ccc(S(=O)(=O)N2CCN(C(=O)c3cc4n(n3)CCCC4)CC2)cc1. The summed E-state index contributed by atoms with van der Waals surface area (Å²) in [5.74, 6) is -0.411. The summed E-state index contributed by atoms with van der Waals surface area (Å²) >= 11 is 0. The summed E-state index contributed by atoms with van der Waals surface area (Å²) in [6.07, 6.45) is 3.10. The highest BCUT2D eigenvalue weighted by atomic mass is 32.2. The number of carbonyl (C=O) groups excluding carboxylic acids is 2. The molecule has 1 saturated heterocycles. The molecule has 2 N–H and O–H groups in total. The summed E-state index contributed by atoms with van der Waals surface area (Å²) < 4.78 is 34.3. The number of sulfonamides is 1. The van der Waals surface area contributed by atoms with Gasteiger partial charge in [0.05, 0.1) is 4.90 Å². The Morgan fingerprint density at radius 1 is 1.03 bits per heavy atom. The Labute approximate surface area is 180 Å². The molecule has 0 bridgehead atoms. The van der Waals surface area contributed by atoms with E-state index in [2.05, 4.69) is 5.10 Å². The molecular weight excluding hydrogens is 422 g/mol. The summed E-state index contributed by atoms with van der Waals surface area (Å²) in [4.78, 5) is 25.4. The number of aromatic nitrogens is 2. The quantitative estimate of drug-likeness (QED) is 0.675. The van der Waals surface area contributed by atoms with Crippen molar-refractivity contribution in [3.05, 3.63) is 41.7 Å². The molecule has 0 aliphatic carbocycles. The van der Waals surface area contributed by atoms with E-state index in [-0.39, 0.29) is 30.5 Å². The van der Waals surface area contributed by atoms with Gasteiger partial charge in [0.25, 0.3) is 11.8 Å². The van der Waals surface area contributed by atoms with Crippen molar-refractivity contribution in [2.24, 2.45) is 5.73 Å². The van der Waals surface area contributed by atoms with Crippen LogP contribution in [-0.4, -0.2) is 72.0 Å². The van der Waals surface area contributed by atoms with Crippen molar-refractivity contribution in [3.63, 3.8) is 0 Å². The predicted octanol–water partition coefficient (Wildman–Crippen LogP) is 0.230. The van der Waals surface area contributed by atoms with Gasteiger partial charge in [0, 0.05) is 38.4 Å². The Kier molecular flexibility index (Phi) is 5.96. The fraction of sp³-hybridized carbons (Fsp3) is 0.450. The molecule has 2 aliphatic rings. The fourth-order valence-electron chi connectivity index (χ4n) is 3.83. The lowest BCUT2D eigenvalue weighted by atomic mass is 10.1. The van der Waals surface area contributed by atoms with E-state index in [9.17, 15) is 18.0 Å². The minimum atomic E-state index is -3.70. The highest BCUT2D eigenvalue weighted by Crippen LogP contribution is 2.22. The number of nitrogens with zero attached hydrogens (tertiary/aromatic N) is 4. The molecule has 4 rings (SSSR count). The number of fused-ring (bicyclic) bond motifs is 1. The zero-order valence-electron chi connectivity index (χ0n) is 17.1. The van der Waals surface area contributed by atoms with E-state index >= 15 is 0 Å². The van der Waals surface area contributed by atoms with Gasteiger partial charge in [0.15, 0.2) is 12.3 Å². The predicted molar refractivity (Wildman–Crippen MR) is 111 cm³/mol. The van der Waals surface area contributed by atoms with Crippen LogP contribution in [0.4, 0.5) is 0 Å². The zero-order chi connectivity index (χ0) is 22.0. The van der Waals surface area contributed by atoms with Gasteiger partial charge in [-0.15, -0.1) is 0 Å². The van der Waals surface area contributed by atoms with Crippen molar-refractivity contribution in [3.8, 4) is 5.75 Å². The molecule has 2 aliphatic heterocycles. The first-order chi connectivity index (χ1) is 14.8. The minimum absolute atomic E-state index is 0.125. The summed E-state index contributed by atoms with van der Waals surface area (Å²) in [5.41, 5.74) is 6.55. The van der Waals surface area contributed by atoms with E-state index in [1.54, 1.807) is 4.90 Å². The molecule has 0 spiro atoms. The van der Waals surface area contributed by atoms with E-state index < -0.39 is 15.9 Å². The maximum atomic E-state index is 12.9. The van der Waals surface area contributed by atoms with Crippen LogP contribution in [0.15, 0.2) is 35.2 Å². The van der Waals surface area contributed by atoms with Crippen LogP contribution in [0.5, 0.6) is 5.75 Å². The molecule has 31 heavy (non-hydrogen) atoms. The van der Waals surface area contributed by atoms with Crippen molar-refractivity contribution in [2.45, 2.75) is 30.7 Å². The Morgan fingerprint density at radius 3 is 2.39 bits per heavy atom. The summed E-state index contributed by atoms with van der Waals surface area (Å²) in [6, 6.07) is 7.68. The molecule has 0 radical (unpaired) electrons. The first-order valence-electron chi connectivity index (χ1n) is 10.2. The molecule has 1 fully saturated rings. The number of primary amides is 1. The van der Waals surface area contributed by atoms with Gasteiger partial charge in [-0.05, 0) is 49.6 Å². The number of amides is 2. The smallest absolute Gasteiger partial charge is 0.274 e. The summed E-state index contributed by atoms with van der Waals surface area (Å²) in [7, 11) is -3.70. The second-order valence-electron chi connectivity index (χ2n) is 7.62. The third kappa shape index (κ3) is 4.57. The number of nitrogens with two attached hydrogens (primary N) is 1. The van der Waals surface area contributed by atoms with Gasteiger partial charge in [-0.25, -0.2) is 8.42 Å². The van der Waals surface area contributed by atoms with Crippen LogP contribution < -0.4 is 10.5 Å². The molecule has 166 valence electrons. The highest BCUT2D eigenvalue weighted by molar-refractivity contribution is 7.89. The highest BCUT2D eigenvalue weighted by Gasteiger charge is 2.31. The van der Waals surface area contributed by atoms with Gasteiger partial charge in [-0.1, -0.05) is 0 Å². The number of hydrogen-bond donors (Lipinski definition) is 1. The molecule has 3 heterocycles. The topological polar surface area (TPSA) is 128 Å². The molecule has 10 nitrogen and oxygen atoms in total. The largest absolute Gasteiger partial charge is 0.484 e. The van der Waals surface area contributed by atoms with Crippen LogP contribution in [0, 0.1) is 0 Å². The summed E-state index contributed by atoms with van der Waals surface area (Å²) in [5, 5.41) is 4.43. The maximum Gasteiger partial charge on any atom is 0.274 e. The van der Waals surface area contributed by atoms with Crippen LogP contribution in [0.1, 0.15) is 29.0 Å². The Hall–Kier alpha value is -2.92. The first-order valence-corrected chi connectivity index (χ1v) is 11.7. The van der Waals surface area contributed by atoms with Crippen LogP contribution in [0.3, 0.4) is 0 Å². The standard InChI is InChI=1S/C20H25N5O5S/c21-19(26)14-30-16-4-6-17(7-5-16)31(28,29)24-11-9-23(10-12-24)20(27)18-13-15-3-1-2-8-25(15)22-18/h4-7,13H,1-3,8-12,14H2,(H2,21,26). The second kappa shape index (κ2) is 8.67. The number of ether oxygens (including phenoxy) is 1. The Balaban J connectivity index is 1.37. The molecule has 0 saturated carbocycles. The van der Waals surface area contributed by atoms with Gasteiger partial charge in [0.2, 0.25) is 10.0 Å². The third-order valence-corrected chi connectivity index (χ3v) is 7.42. The van der Waals surface area contributed by atoms with Crippen LogP contribution >= 0.6 is 0 Å². The van der Waals surface area contributed by atoms with Gasteiger partial charge >= 0.3 is 0 Å². The average Bonchev–Trinajstić information content (AvgIpc) is 3.22. The maximum absolute atomic E-state index is 12.9. The summed E-state index contributed by atoms with van der Waals surface area (Å²) in [6.45, 7) is 1.59. The number of piperazine rings is 1. The Morgan fingerprint density at radius 2 is 1.74 bits per heavy atom. The van der Waals surface area contributed by atoms with Crippen LogP contribution in [-0.2, 0) is 27.8 Å². The number of hydrogen-bond acceptors (Lipinski definition) is 6.